The first kappa shape index (κ1) is 19.6. The molecule has 0 heterocycles. The Morgan fingerprint density at radius 3 is 2.58 bits per heavy atom. The van der Waals surface area contributed by atoms with Crippen molar-refractivity contribution in [2.24, 2.45) is 5.10 Å². The molecule has 0 bridgehead atoms. The van der Waals surface area contributed by atoms with Crippen LogP contribution in [0.2, 0.25) is 5.02 Å². The third-order valence-electron chi connectivity index (χ3n) is 2.82. The minimum Gasteiger partial charge on any atom is -0.395 e. The Bertz CT molecular complexity index is 661. The quantitative estimate of drug-likeness (QED) is 0.339. The van der Waals surface area contributed by atoms with E-state index in [1.165, 1.54) is 6.92 Å². The average Bonchev–Trinajstić information content (AvgIpc) is 2.53. The van der Waals surface area contributed by atoms with Crippen LogP contribution in [0.1, 0.15) is 18.9 Å². The molecule has 0 aliphatic heterocycles. The third-order valence-corrected chi connectivity index (χ3v) is 3.23. The molecular weight excluding hydrogens is 336 g/mol. The standard InChI is InChI=1S/C15H19ClN4O4/c1-9-3-4-11(8-12(9)16)18-13(22)7-10(2)19-20-15(24)14(23)17-5-6-21/h3-4,8,21H,5-7H2,1-2H3,(H,17,23)(H,18,22)(H,20,24)/b19-10-. The molecule has 24 heavy (non-hydrogen) atoms. The van der Waals surface area contributed by atoms with Crippen LogP contribution in [0.25, 0.3) is 0 Å². The summed E-state index contributed by atoms with van der Waals surface area (Å²) in [4.78, 5) is 34.5. The minimum absolute atomic E-state index is 0.0313. The van der Waals surface area contributed by atoms with E-state index >= 15 is 0 Å². The monoisotopic (exact) mass is 354 g/mol. The van der Waals surface area contributed by atoms with Gasteiger partial charge in [-0.3, -0.25) is 14.4 Å². The van der Waals surface area contributed by atoms with Gasteiger partial charge >= 0.3 is 11.8 Å². The number of aliphatic hydroxyl groups is 1. The first-order valence-corrected chi connectivity index (χ1v) is 7.49. The van der Waals surface area contributed by atoms with E-state index in [-0.39, 0.29) is 25.5 Å². The Kier molecular flexibility index (Phi) is 7.87. The summed E-state index contributed by atoms with van der Waals surface area (Å²) in [7, 11) is 0. The normalized spacial score (nSPS) is 10.9. The van der Waals surface area contributed by atoms with Crippen LogP contribution in [0, 0.1) is 6.92 Å². The summed E-state index contributed by atoms with van der Waals surface area (Å²) in [6.45, 7) is 3.08. The largest absolute Gasteiger partial charge is 0.395 e. The van der Waals surface area contributed by atoms with E-state index < -0.39 is 11.8 Å². The third kappa shape index (κ3) is 6.76. The first-order chi connectivity index (χ1) is 11.3. The van der Waals surface area contributed by atoms with E-state index in [1.54, 1.807) is 18.2 Å². The highest BCUT2D eigenvalue weighted by Crippen LogP contribution is 2.19. The molecule has 9 heteroatoms. The van der Waals surface area contributed by atoms with Gasteiger partial charge in [-0.2, -0.15) is 5.10 Å². The lowest BCUT2D eigenvalue weighted by Crippen LogP contribution is -2.39. The van der Waals surface area contributed by atoms with Gasteiger partial charge in [-0.05, 0) is 31.5 Å². The van der Waals surface area contributed by atoms with Crippen LogP contribution in [-0.4, -0.2) is 41.7 Å². The number of nitrogens with one attached hydrogen (secondary N) is 3. The molecule has 8 nitrogen and oxygen atoms in total. The van der Waals surface area contributed by atoms with Gasteiger partial charge in [0.15, 0.2) is 0 Å². The molecule has 1 aromatic rings. The van der Waals surface area contributed by atoms with E-state index in [0.717, 1.165) is 5.56 Å². The van der Waals surface area contributed by atoms with Gasteiger partial charge in [-0.25, -0.2) is 5.43 Å². The minimum atomic E-state index is -0.978. The summed E-state index contributed by atoms with van der Waals surface area (Å²) >= 11 is 5.98. The average molecular weight is 355 g/mol. The van der Waals surface area contributed by atoms with E-state index in [1.807, 2.05) is 12.3 Å². The molecule has 0 aliphatic rings. The van der Waals surface area contributed by atoms with E-state index in [4.69, 9.17) is 16.7 Å². The molecule has 1 aromatic carbocycles. The zero-order valence-corrected chi connectivity index (χ0v) is 14.1. The maximum atomic E-state index is 11.9. The molecule has 0 fully saturated rings. The number of halogens is 1. The molecule has 0 aromatic heterocycles. The van der Waals surface area contributed by atoms with Crippen molar-refractivity contribution in [3.8, 4) is 0 Å². The zero-order chi connectivity index (χ0) is 18.1. The summed E-state index contributed by atoms with van der Waals surface area (Å²) in [5, 5.41) is 17.6. The molecule has 0 aliphatic carbocycles. The Balaban J connectivity index is 2.49. The van der Waals surface area contributed by atoms with Crippen LogP contribution in [0.4, 0.5) is 5.69 Å². The number of hydrazone groups is 1. The maximum Gasteiger partial charge on any atom is 0.329 e. The van der Waals surface area contributed by atoms with E-state index in [0.29, 0.717) is 16.4 Å². The van der Waals surface area contributed by atoms with Crippen molar-refractivity contribution in [3.63, 3.8) is 0 Å². The zero-order valence-electron chi connectivity index (χ0n) is 13.4. The van der Waals surface area contributed by atoms with Crippen LogP contribution in [0.3, 0.4) is 0 Å². The summed E-state index contributed by atoms with van der Waals surface area (Å²) in [6, 6.07) is 5.14. The molecule has 0 saturated carbocycles. The van der Waals surface area contributed by atoms with Gasteiger partial charge in [-0.1, -0.05) is 17.7 Å². The first-order valence-electron chi connectivity index (χ1n) is 7.11. The van der Waals surface area contributed by atoms with Gasteiger partial charge in [0.05, 0.1) is 13.0 Å². The number of carbonyl (C=O) groups is 3. The van der Waals surface area contributed by atoms with Gasteiger partial charge in [0.25, 0.3) is 0 Å². The van der Waals surface area contributed by atoms with Crippen molar-refractivity contribution in [1.82, 2.24) is 10.7 Å². The van der Waals surface area contributed by atoms with Gasteiger partial charge in [0.2, 0.25) is 5.91 Å². The Hall–Kier alpha value is -2.45. The van der Waals surface area contributed by atoms with Gasteiger partial charge in [0, 0.05) is 23.0 Å². The topological polar surface area (TPSA) is 120 Å². The molecule has 130 valence electrons. The lowest BCUT2D eigenvalue weighted by Gasteiger charge is -2.07. The maximum absolute atomic E-state index is 11.9. The predicted octanol–water partition coefficient (Wildman–Crippen LogP) is 0.578. The Morgan fingerprint density at radius 1 is 1.25 bits per heavy atom. The van der Waals surface area contributed by atoms with Crippen molar-refractivity contribution in [1.29, 1.82) is 0 Å². The fourth-order valence-corrected chi connectivity index (χ4v) is 1.77. The second-order valence-corrected chi connectivity index (χ2v) is 5.36. The predicted molar refractivity (Wildman–Crippen MR) is 90.8 cm³/mol. The lowest BCUT2D eigenvalue weighted by atomic mass is 10.2. The van der Waals surface area contributed by atoms with Crippen LogP contribution in [0.5, 0.6) is 0 Å². The highest BCUT2D eigenvalue weighted by Gasteiger charge is 2.12. The summed E-state index contributed by atoms with van der Waals surface area (Å²) < 4.78 is 0. The molecule has 0 atom stereocenters. The smallest absolute Gasteiger partial charge is 0.329 e. The van der Waals surface area contributed by atoms with Crippen molar-refractivity contribution in [2.75, 3.05) is 18.5 Å². The second-order valence-electron chi connectivity index (χ2n) is 4.96. The van der Waals surface area contributed by atoms with Crippen molar-refractivity contribution in [2.45, 2.75) is 20.3 Å². The number of aliphatic hydroxyl groups excluding tert-OH is 1. The SMILES string of the molecule is C/C(CC(=O)Nc1ccc(C)c(Cl)c1)=N/NC(=O)C(=O)NCCO. The van der Waals surface area contributed by atoms with Crippen molar-refractivity contribution < 1.29 is 19.5 Å². The molecule has 0 spiro atoms. The fourth-order valence-electron chi connectivity index (χ4n) is 1.59. The number of hydrogen-bond acceptors (Lipinski definition) is 5. The fraction of sp³-hybridized carbons (Fsp3) is 0.333. The second kappa shape index (κ2) is 9.64. The van der Waals surface area contributed by atoms with Gasteiger partial charge in [-0.15, -0.1) is 0 Å². The summed E-state index contributed by atoms with van der Waals surface area (Å²) in [6.07, 6.45) is -0.0654. The number of aryl methyl sites for hydroxylation is 1. The molecular formula is C15H19ClN4O4. The van der Waals surface area contributed by atoms with Crippen LogP contribution < -0.4 is 16.1 Å². The van der Waals surface area contributed by atoms with Crippen molar-refractivity contribution >= 4 is 40.7 Å². The number of rotatable bonds is 6. The van der Waals surface area contributed by atoms with Crippen molar-refractivity contribution in [3.05, 3.63) is 28.8 Å². The number of hydrogen-bond donors (Lipinski definition) is 4. The lowest BCUT2D eigenvalue weighted by molar-refractivity contribution is -0.139. The number of benzene rings is 1. The number of anilines is 1. The van der Waals surface area contributed by atoms with Crippen LogP contribution in [0.15, 0.2) is 23.3 Å². The Labute approximate surface area is 144 Å². The number of nitrogens with zero attached hydrogens (tertiary/aromatic N) is 1. The van der Waals surface area contributed by atoms with E-state index in [2.05, 4.69) is 15.7 Å². The molecule has 0 unspecified atom stereocenters. The van der Waals surface area contributed by atoms with Crippen LogP contribution in [-0.2, 0) is 14.4 Å². The highest BCUT2D eigenvalue weighted by atomic mass is 35.5. The molecule has 1 rings (SSSR count). The summed E-state index contributed by atoms with van der Waals surface area (Å²) in [5.41, 5.74) is 3.79. The molecule has 4 N–H and O–H groups in total. The molecule has 0 saturated heterocycles. The number of carbonyl (C=O) groups excluding carboxylic acids is 3. The Morgan fingerprint density at radius 2 is 1.96 bits per heavy atom. The van der Waals surface area contributed by atoms with E-state index in [9.17, 15) is 14.4 Å². The van der Waals surface area contributed by atoms with Gasteiger partial charge < -0.3 is 15.7 Å². The molecule has 3 amide bonds. The van der Waals surface area contributed by atoms with Crippen LogP contribution >= 0.6 is 11.6 Å². The summed E-state index contributed by atoms with van der Waals surface area (Å²) in [5.74, 6) is -2.23. The molecule has 0 radical (unpaired) electrons. The highest BCUT2D eigenvalue weighted by molar-refractivity contribution is 6.35. The van der Waals surface area contributed by atoms with Gasteiger partial charge in [0.1, 0.15) is 0 Å². The number of amides is 3.